The van der Waals surface area contributed by atoms with Crippen LogP contribution < -0.4 is 5.32 Å². The lowest BCUT2D eigenvalue weighted by molar-refractivity contribution is -0.140. The maximum Gasteiger partial charge on any atom is 0.323 e. The third-order valence-electron chi connectivity index (χ3n) is 2.28. The standard InChI is InChI=1S/C12H10BrN3O5/c13-8-1-2-9(7(3-8)4-14)15-12(21)16(5-10(17)18)6-11(19)20/h1-3H,5-6H2,(H,15,21)(H,17,18)(H,19,20). The number of halogens is 1. The molecular formula is C12H10BrN3O5. The molecule has 0 saturated carbocycles. The average Bonchev–Trinajstić information content (AvgIpc) is 2.38. The molecule has 9 heteroatoms. The van der Waals surface area contributed by atoms with Gasteiger partial charge < -0.3 is 20.4 Å². The van der Waals surface area contributed by atoms with Gasteiger partial charge in [-0.25, -0.2) is 4.79 Å². The van der Waals surface area contributed by atoms with Gasteiger partial charge in [-0.2, -0.15) is 5.26 Å². The number of rotatable bonds is 5. The predicted molar refractivity (Wildman–Crippen MR) is 74.7 cm³/mol. The fourth-order valence-corrected chi connectivity index (χ4v) is 1.80. The zero-order chi connectivity index (χ0) is 16.0. The van der Waals surface area contributed by atoms with Crippen molar-refractivity contribution in [2.45, 2.75) is 0 Å². The largest absolute Gasteiger partial charge is 0.480 e. The zero-order valence-electron chi connectivity index (χ0n) is 10.5. The Morgan fingerprint density at radius 1 is 1.24 bits per heavy atom. The molecule has 0 bridgehead atoms. The fraction of sp³-hybridized carbons (Fsp3) is 0.167. The normalized spacial score (nSPS) is 9.52. The van der Waals surface area contributed by atoms with E-state index in [1.54, 1.807) is 6.07 Å². The fourth-order valence-electron chi connectivity index (χ4n) is 1.44. The van der Waals surface area contributed by atoms with Crippen LogP contribution in [0.25, 0.3) is 0 Å². The monoisotopic (exact) mass is 355 g/mol. The number of urea groups is 1. The van der Waals surface area contributed by atoms with Crippen LogP contribution in [-0.4, -0.2) is 46.2 Å². The van der Waals surface area contributed by atoms with Gasteiger partial charge in [0.2, 0.25) is 0 Å². The van der Waals surface area contributed by atoms with Crippen molar-refractivity contribution in [3.8, 4) is 6.07 Å². The molecule has 0 radical (unpaired) electrons. The van der Waals surface area contributed by atoms with E-state index in [-0.39, 0.29) is 11.3 Å². The number of hydrogen-bond donors (Lipinski definition) is 3. The summed E-state index contributed by atoms with van der Waals surface area (Å²) >= 11 is 3.17. The van der Waals surface area contributed by atoms with Crippen LogP contribution in [0.5, 0.6) is 0 Å². The number of amides is 2. The summed E-state index contributed by atoms with van der Waals surface area (Å²) < 4.78 is 0.630. The van der Waals surface area contributed by atoms with Crippen molar-refractivity contribution in [1.82, 2.24) is 4.90 Å². The molecule has 21 heavy (non-hydrogen) atoms. The number of carbonyl (C=O) groups is 3. The van der Waals surface area contributed by atoms with E-state index in [9.17, 15) is 14.4 Å². The van der Waals surface area contributed by atoms with Crippen molar-refractivity contribution in [2.75, 3.05) is 18.4 Å². The Morgan fingerprint density at radius 2 is 1.81 bits per heavy atom. The van der Waals surface area contributed by atoms with Crippen LogP contribution in [0.2, 0.25) is 0 Å². The Hall–Kier alpha value is -2.60. The van der Waals surface area contributed by atoms with E-state index >= 15 is 0 Å². The lowest BCUT2D eigenvalue weighted by Gasteiger charge is -2.19. The first-order valence-corrected chi connectivity index (χ1v) is 6.32. The zero-order valence-corrected chi connectivity index (χ0v) is 12.1. The number of nitrogens with zero attached hydrogens (tertiary/aromatic N) is 2. The van der Waals surface area contributed by atoms with Crippen molar-refractivity contribution >= 4 is 39.6 Å². The van der Waals surface area contributed by atoms with Gasteiger partial charge in [0.25, 0.3) is 0 Å². The molecule has 1 aromatic carbocycles. The number of nitriles is 1. The minimum absolute atomic E-state index is 0.156. The van der Waals surface area contributed by atoms with E-state index in [0.29, 0.717) is 9.37 Å². The number of aliphatic carboxylic acids is 2. The van der Waals surface area contributed by atoms with E-state index in [1.807, 2.05) is 6.07 Å². The van der Waals surface area contributed by atoms with Crippen LogP contribution in [0.3, 0.4) is 0 Å². The van der Waals surface area contributed by atoms with Crippen molar-refractivity contribution in [2.24, 2.45) is 0 Å². The van der Waals surface area contributed by atoms with Gasteiger partial charge in [0.15, 0.2) is 0 Å². The molecule has 0 aromatic heterocycles. The van der Waals surface area contributed by atoms with Crippen LogP contribution in [-0.2, 0) is 9.59 Å². The molecule has 0 heterocycles. The van der Waals surface area contributed by atoms with Gasteiger partial charge in [-0.3, -0.25) is 9.59 Å². The van der Waals surface area contributed by atoms with Gasteiger partial charge >= 0.3 is 18.0 Å². The summed E-state index contributed by atoms with van der Waals surface area (Å²) in [6.45, 7) is -1.53. The van der Waals surface area contributed by atoms with Gasteiger partial charge in [-0.05, 0) is 18.2 Å². The number of nitrogens with one attached hydrogen (secondary N) is 1. The van der Waals surface area contributed by atoms with Gasteiger partial charge in [-0.1, -0.05) is 15.9 Å². The second-order valence-corrected chi connectivity index (χ2v) is 4.79. The summed E-state index contributed by atoms with van der Waals surface area (Å²) in [4.78, 5) is 33.8. The molecule has 0 fully saturated rings. The second kappa shape index (κ2) is 7.25. The Kier molecular flexibility index (Phi) is 5.68. The van der Waals surface area contributed by atoms with E-state index < -0.39 is 31.1 Å². The molecule has 0 aliphatic heterocycles. The highest BCUT2D eigenvalue weighted by Gasteiger charge is 2.20. The number of carboxylic acids is 2. The third-order valence-corrected chi connectivity index (χ3v) is 2.78. The number of carboxylic acid groups (broad SMARTS) is 2. The Bertz CT molecular complexity index is 610. The maximum absolute atomic E-state index is 11.9. The lowest BCUT2D eigenvalue weighted by atomic mass is 10.2. The molecular weight excluding hydrogens is 346 g/mol. The minimum atomic E-state index is -1.34. The number of carbonyl (C=O) groups excluding carboxylic acids is 1. The minimum Gasteiger partial charge on any atom is -0.480 e. The highest BCUT2D eigenvalue weighted by Crippen LogP contribution is 2.20. The van der Waals surface area contributed by atoms with Crippen LogP contribution in [0.4, 0.5) is 10.5 Å². The van der Waals surface area contributed by atoms with Crippen LogP contribution in [0, 0.1) is 11.3 Å². The summed E-state index contributed by atoms with van der Waals surface area (Å²) in [5.41, 5.74) is 0.315. The lowest BCUT2D eigenvalue weighted by Crippen LogP contribution is -2.42. The third kappa shape index (κ3) is 5.12. The number of anilines is 1. The first-order valence-electron chi connectivity index (χ1n) is 5.52. The average molecular weight is 356 g/mol. The summed E-state index contributed by atoms with van der Waals surface area (Å²) in [7, 11) is 0. The van der Waals surface area contributed by atoms with Crippen LogP contribution in [0.1, 0.15) is 5.56 Å². The van der Waals surface area contributed by atoms with Crippen molar-refractivity contribution in [1.29, 1.82) is 5.26 Å². The molecule has 0 unspecified atom stereocenters. The summed E-state index contributed by atoms with van der Waals surface area (Å²) in [5, 5.41) is 28.6. The molecule has 3 N–H and O–H groups in total. The van der Waals surface area contributed by atoms with Crippen molar-refractivity contribution in [3.05, 3.63) is 28.2 Å². The van der Waals surface area contributed by atoms with Crippen molar-refractivity contribution in [3.63, 3.8) is 0 Å². The number of benzene rings is 1. The molecule has 0 atom stereocenters. The highest BCUT2D eigenvalue weighted by atomic mass is 79.9. The van der Waals surface area contributed by atoms with E-state index in [2.05, 4.69) is 21.2 Å². The molecule has 2 amide bonds. The molecule has 0 spiro atoms. The molecule has 0 aliphatic rings. The maximum atomic E-state index is 11.9. The van der Waals surface area contributed by atoms with Gasteiger partial charge in [0, 0.05) is 4.47 Å². The van der Waals surface area contributed by atoms with Crippen molar-refractivity contribution < 1.29 is 24.6 Å². The van der Waals surface area contributed by atoms with E-state index in [1.165, 1.54) is 12.1 Å². The Balaban J connectivity index is 2.93. The summed E-state index contributed by atoms with van der Waals surface area (Å²) in [6.07, 6.45) is 0. The van der Waals surface area contributed by atoms with Gasteiger partial charge in [-0.15, -0.1) is 0 Å². The predicted octanol–water partition coefficient (Wildman–Crippen LogP) is 1.32. The first-order chi connectivity index (χ1) is 9.83. The summed E-state index contributed by atoms with van der Waals surface area (Å²) in [6, 6.07) is 5.44. The Labute approximate surface area is 127 Å². The highest BCUT2D eigenvalue weighted by molar-refractivity contribution is 9.10. The second-order valence-electron chi connectivity index (χ2n) is 3.88. The topological polar surface area (TPSA) is 131 Å². The first kappa shape index (κ1) is 16.5. The van der Waals surface area contributed by atoms with E-state index in [4.69, 9.17) is 15.5 Å². The number of hydrogen-bond acceptors (Lipinski definition) is 4. The smallest absolute Gasteiger partial charge is 0.323 e. The van der Waals surface area contributed by atoms with Crippen LogP contribution in [0.15, 0.2) is 22.7 Å². The molecule has 0 saturated heterocycles. The van der Waals surface area contributed by atoms with E-state index in [0.717, 1.165) is 0 Å². The Morgan fingerprint density at radius 3 is 2.29 bits per heavy atom. The molecule has 110 valence electrons. The molecule has 0 aliphatic carbocycles. The SMILES string of the molecule is N#Cc1cc(Br)ccc1NC(=O)N(CC(=O)O)CC(=O)O. The van der Waals surface area contributed by atoms with Gasteiger partial charge in [0.1, 0.15) is 19.2 Å². The molecule has 1 aromatic rings. The molecule has 1 rings (SSSR count). The summed E-state index contributed by atoms with van der Waals surface area (Å²) in [5.74, 6) is -2.69. The quantitative estimate of drug-likeness (QED) is 0.729. The molecule has 8 nitrogen and oxygen atoms in total. The van der Waals surface area contributed by atoms with Crippen LogP contribution >= 0.6 is 15.9 Å². The van der Waals surface area contributed by atoms with Gasteiger partial charge in [0.05, 0.1) is 11.3 Å².